The minimum Gasteiger partial charge on any atom is -0.317 e. The zero-order chi connectivity index (χ0) is 20.3. The lowest BCUT2D eigenvalue weighted by Crippen LogP contribution is -2.16. The fourth-order valence-corrected chi connectivity index (χ4v) is 4.84. The Hall–Kier alpha value is -1.53. The number of imidazole rings is 1. The number of hydrogen-bond acceptors (Lipinski definition) is 4. The normalized spacial score (nSPS) is 11.6. The molecule has 3 rings (SSSR count). The van der Waals surface area contributed by atoms with Crippen molar-refractivity contribution < 1.29 is 0 Å². The van der Waals surface area contributed by atoms with E-state index in [0.717, 1.165) is 34.5 Å². The van der Waals surface area contributed by atoms with Gasteiger partial charge >= 0.3 is 0 Å². The first-order valence-electron chi connectivity index (χ1n) is 9.10. The van der Waals surface area contributed by atoms with Crippen molar-refractivity contribution in [3.63, 3.8) is 0 Å². The molecule has 0 aliphatic heterocycles. The molecule has 0 fully saturated rings. The maximum atomic E-state index is 6.23. The quantitative estimate of drug-likeness (QED) is 0.458. The molecule has 0 aliphatic carbocycles. The van der Waals surface area contributed by atoms with Crippen LogP contribution in [0.25, 0.3) is 0 Å². The Morgan fingerprint density at radius 3 is 2.29 bits per heavy atom. The van der Waals surface area contributed by atoms with Crippen molar-refractivity contribution in [3.05, 3.63) is 69.9 Å². The largest absolute Gasteiger partial charge is 0.317 e. The minimum absolute atomic E-state index is 0.303. The van der Waals surface area contributed by atoms with Gasteiger partial charge in [-0.1, -0.05) is 48.8 Å². The molecular weight excluding hydrogens is 411 g/mol. The summed E-state index contributed by atoms with van der Waals surface area (Å²) < 4.78 is 2.30. The van der Waals surface area contributed by atoms with Crippen LogP contribution in [0.3, 0.4) is 0 Å². The van der Waals surface area contributed by atoms with E-state index < -0.39 is 0 Å². The highest BCUT2D eigenvalue weighted by Crippen LogP contribution is 2.37. The summed E-state index contributed by atoms with van der Waals surface area (Å²) in [4.78, 5) is 12.3. The van der Waals surface area contributed by atoms with Gasteiger partial charge in [0.05, 0.1) is 12.2 Å². The average molecular weight is 435 g/mol. The molecule has 2 aromatic heterocycles. The topological polar surface area (TPSA) is 34.0 Å². The molecule has 3 aromatic rings. The van der Waals surface area contributed by atoms with E-state index in [4.69, 9.17) is 28.2 Å². The predicted molar refractivity (Wildman–Crippen MR) is 118 cm³/mol. The minimum atomic E-state index is 0.303. The van der Waals surface area contributed by atoms with Crippen LogP contribution in [0.15, 0.2) is 52.6 Å². The fourth-order valence-electron chi connectivity index (χ4n) is 2.92. The number of aromatic nitrogens is 3. The van der Waals surface area contributed by atoms with E-state index in [9.17, 15) is 0 Å². The highest BCUT2D eigenvalue weighted by molar-refractivity contribution is 7.99. The fraction of sp³-hybridized carbons (Fsp3) is 0.333. The summed E-state index contributed by atoms with van der Waals surface area (Å²) in [5.41, 5.74) is 2.28. The highest BCUT2D eigenvalue weighted by Gasteiger charge is 2.21. The van der Waals surface area contributed by atoms with Crippen molar-refractivity contribution in [3.8, 4) is 0 Å². The lowest BCUT2D eigenvalue weighted by atomic mass is 10.1. The van der Waals surface area contributed by atoms with Gasteiger partial charge in [0.2, 0.25) is 0 Å². The molecule has 148 valence electrons. The zero-order valence-corrected chi connectivity index (χ0v) is 18.8. The molecule has 4 nitrogen and oxygen atoms in total. The van der Waals surface area contributed by atoms with Crippen molar-refractivity contribution in [1.82, 2.24) is 19.4 Å². The SMILES string of the molecule is CC(C)c1nc(CN(C)C)n(Cc2ccncc2)c1Sc1cc(Cl)cc(Cl)c1. The number of nitrogens with zero attached hydrogens (tertiary/aromatic N) is 4. The number of hydrogen-bond donors (Lipinski definition) is 0. The molecule has 7 heteroatoms. The monoisotopic (exact) mass is 434 g/mol. The van der Waals surface area contributed by atoms with Crippen molar-refractivity contribution in [1.29, 1.82) is 0 Å². The average Bonchev–Trinajstić information content (AvgIpc) is 2.92. The van der Waals surface area contributed by atoms with Gasteiger partial charge in [-0.05, 0) is 55.9 Å². The van der Waals surface area contributed by atoms with Gasteiger partial charge < -0.3 is 9.47 Å². The van der Waals surface area contributed by atoms with E-state index in [1.807, 2.05) is 36.7 Å². The molecule has 0 saturated heterocycles. The summed E-state index contributed by atoms with van der Waals surface area (Å²) in [5, 5.41) is 2.40. The Bertz CT molecular complexity index is 919. The van der Waals surface area contributed by atoms with Crippen LogP contribution in [0, 0.1) is 0 Å². The van der Waals surface area contributed by atoms with Gasteiger partial charge in [0.15, 0.2) is 0 Å². The highest BCUT2D eigenvalue weighted by atomic mass is 35.5. The van der Waals surface area contributed by atoms with Gasteiger partial charge in [0.25, 0.3) is 0 Å². The third kappa shape index (κ3) is 5.29. The van der Waals surface area contributed by atoms with Crippen LogP contribution in [0.1, 0.15) is 36.8 Å². The molecular formula is C21H24Cl2N4S. The van der Waals surface area contributed by atoms with Crippen LogP contribution in [-0.2, 0) is 13.1 Å². The molecule has 0 unspecified atom stereocenters. The van der Waals surface area contributed by atoms with Crippen LogP contribution < -0.4 is 0 Å². The van der Waals surface area contributed by atoms with Crippen molar-refractivity contribution in [2.75, 3.05) is 14.1 Å². The summed E-state index contributed by atoms with van der Waals surface area (Å²) in [6.45, 7) is 5.85. The molecule has 0 saturated carbocycles. The lowest BCUT2D eigenvalue weighted by molar-refractivity contribution is 0.380. The first-order chi connectivity index (χ1) is 13.3. The van der Waals surface area contributed by atoms with Crippen LogP contribution in [0.5, 0.6) is 0 Å². The number of pyridine rings is 1. The molecule has 0 aliphatic rings. The van der Waals surface area contributed by atoms with Gasteiger partial charge in [-0.15, -0.1) is 0 Å². The third-order valence-corrected chi connectivity index (χ3v) is 5.70. The lowest BCUT2D eigenvalue weighted by Gasteiger charge is -2.15. The van der Waals surface area contributed by atoms with E-state index >= 15 is 0 Å². The van der Waals surface area contributed by atoms with Gasteiger partial charge in [0, 0.05) is 33.9 Å². The van der Waals surface area contributed by atoms with Gasteiger partial charge in [-0.3, -0.25) is 4.98 Å². The second kappa shape index (κ2) is 9.31. The predicted octanol–water partition coefficient (Wildman–Crippen LogP) is 5.97. The van der Waals surface area contributed by atoms with Crippen LogP contribution in [0.4, 0.5) is 0 Å². The molecule has 1 aromatic carbocycles. The molecule has 2 heterocycles. The van der Waals surface area contributed by atoms with Crippen LogP contribution in [-0.4, -0.2) is 33.5 Å². The summed E-state index contributed by atoms with van der Waals surface area (Å²) in [5.74, 6) is 1.35. The summed E-state index contributed by atoms with van der Waals surface area (Å²) in [7, 11) is 4.12. The van der Waals surface area contributed by atoms with Crippen molar-refractivity contribution in [2.24, 2.45) is 0 Å². The van der Waals surface area contributed by atoms with Crippen LogP contribution >= 0.6 is 35.0 Å². The van der Waals surface area contributed by atoms with E-state index in [1.165, 1.54) is 5.56 Å². The number of rotatable bonds is 7. The number of halogens is 2. The first-order valence-corrected chi connectivity index (χ1v) is 10.7. The van der Waals surface area contributed by atoms with Gasteiger partial charge in [-0.2, -0.15) is 0 Å². The summed E-state index contributed by atoms with van der Waals surface area (Å²) in [6.07, 6.45) is 3.65. The standard InChI is InChI=1S/C21H24Cl2N4S/c1-14(2)20-21(28-18-10-16(22)9-17(23)11-18)27(19(25-20)13-26(3)4)12-15-5-7-24-8-6-15/h5-11,14H,12-13H2,1-4H3. The second-order valence-corrected chi connectivity index (χ2v) is 9.19. The van der Waals surface area contributed by atoms with E-state index in [1.54, 1.807) is 17.8 Å². The maximum absolute atomic E-state index is 6.23. The Morgan fingerprint density at radius 1 is 1.07 bits per heavy atom. The summed E-state index contributed by atoms with van der Waals surface area (Å²) in [6, 6.07) is 9.72. The van der Waals surface area contributed by atoms with Crippen molar-refractivity contribution >= 4 is 35.0 Å². The summed E-state index contributed by atoms with van der Waals surface area (Å²) >= 11 is 14.1. The zero-order valence-electron chi connectivity index (χ0n) is 16.5. The Balaban J connectivity index is 2.09. The first kappa shape index (κ1) is 21.2. The Labute approximate surface area is 180 Å². The molecule has 0 N–H and O–H groups in total. The van der Waals surface area contributed by atoms with E-state index in [2.05, 4.69) is 42.4 Å². The third-order valence-electron chi connectivity index (χ3n) is 4.17. The smallest absolute Gasteiger partial charge is 0.124 e. The Morgan fingerprint density at radius 2 is 1.71 bits per heavy atom. The second-order valence-electron chi connectivity index (χ2n) is 7.26. The van der Waals surface area contributed by atoms with Crippen molar-refractivity contribution in [2.45, 2.75) is 42.8 Å². The number of benzene rings is 1. The van der Waals surface area contributed by atoms with Gasteiger partial charge in [-0.25, -0.2) is 4.98 Å². The maximum Gasteiger partial charge on any atom is 0.124 e. The molecule has 28 heavy (non-hydrogen) atoms. The molecule has 0 amide bonds. The Kier molecular flexibility index (Phi) is 7.05. The molecule has 0 spiro atoms. The van der Waals surface area contributed by atoms with E-state index in [-0.39, 0.29) is 0 Å². The van der Waals surface area contributed by atoms with Crippen LogP contribution in [0.2, 0.25) is 10.0 Å². The van der Waals surface area contributed by atoms with Gasteiger partial charge in [0.1, 0.15) is 10.9 Å². The molecule has 0 radical (unpaired) electrons. The molecule has 0 atom stereocenters. The van der Waals surface area contributed by atoms with E-state index in [0.29, 0.717) is 16.0 Å². The molecule has 0 bridgehead atoms.